The number of benzene rings is 2. The van der Waals surface area contributed by atoms with Crippen LogP contribution in [0.4, 0.5) is 4.39 Å². The van der Waals surface area contributed by atoms with Gasteiger partial charge in [-0.25, -0.2) is 8.91 Å². The van der Waals surface area contributed by atoms with E-state index in [1.807, 2.05) is 48.7 Å². The Bertz CT molecular complexity index is 1170. The second-order valence-corrected chi connectivity index (χ2v) is 7.67. The summed E-state index contributed by atoms with van der Waals surface area (Å²) in [5.41, 5.74) is 4.99. The van der Waals surface area contributed by atoms with E-state index < -0.39 is 0 Å². The minimum atomic E-state index is -0.215. The highest BCUT2D eigenvalue weighted by Gasteiger charge is 2.26. The summed E-state index contributed by atoms with van der Waals surface area (Å²) >= 11 is 0. The van der Waals surface area contributed by atoms with Gasteiger partial charge in [0.15, 0.2) is 0 Å². The van der Waals surface area contributed by atoms with Gasteiger partial charge in [-0.05, 0) is 41.5 Å². The molecule has 1 aliphatic heterocycles. The highest BCUT2D eigenvalue weighted by Crippen LogP contribution is 2.28. The van der Waals surface area contributed by atoms with Crippen LogP contribution < -0.4 is 4.74 Å². The predicted molar refractivity (Wildman–Crippen MR) is 115 cm³/mol. The fraction of sp³-hybridized carbons (Fsp3) is 0.250. The molecular weight excluding hydrogens is 395 g/mol. The summed E-state index contributed by atoms with van der Waals surface area (Å²) in [5.74, 6) is 0.612. The molecule has 0 spiro atoms. The lowest BCUT2D eigenvalue weighted by molar-refractivity contribution is -0.0343. The maximum Gasteiger partial charge on any atom is 0.123 e. The van der Waals surface area contributed by atoms with Gasteiger partial charge in [-0.2, -0.15) is 0 Å². The fourth-order valence-electron chi connectivity index (χ4n) is 3.96. The van der Waals surface area contributed by atoms with Crippen molar-refractivity contribution in [1.82, 2.24) is 19.7 Å². The number of halogens is 1. The molecule has 2 aromatic carbocycles. The lowest BCUT2D eigenvalue weighted by Gasteiger charge is -2.32. The zero-order chi connectivity index (χ0) is 21.2. The number of methoxy groups -OCH3 is 1. The quantitative estimate of drug-likeness (QED) is 0.488. The van der Waals surface area contributed by atoms with E-state index >= 15 is 0 Å². The van der Waals surface area contributed by atoms with Crippen LogP contribution in [0, 0.1) is 5.82 Å². The molecule has 0 unspecified atom stereocenters. The first-order valence-corrected chi connectivity index (χ1v) is 10.3. The van der Waals surface area contributed by atoms with E-state index in [2.05, 4.69) is 21.3 Å². The molecule has 0 radical (unpaired) electrons. The summed E-state index contributed by atoms with van der Waals surface area (Å²) in [6.45, 7) is 2.91. The van der Waals surface area contributed by atoms with E-state index in [-0.39, 0.29) is 11.9 Å². The smallest absolute Gasteiger partial charge is 0.123 e. The highest BCUT2D eigenvalue weighted by atomic mass is 19.1. The topological polar surface area (TPSA) is 51.9 Å². The lowest BCUT2D eigenvalue weighted by Crippen LogP contribution is -2.38. The maximum absolute atomic E-state index is 13.2. The summed E-state index contributed by atoms with van der Waals surface area (Å²) in [4.78, 5) is 2.30. The van der Waals surface area contributed by atoms with Gasteiger partial charge >= 0.3 is 0 Å². The van der Waals surface area contributed by atoms with Crippen LogP contribution in [0.5, 0.6) is 5.75 Å². The van der Waals surface area contributed by atoms with Gasteiger partial charge < -0.3 is 9.47 Å². The van der Waals surface area contributed by atoms with Gasteiger partial charge in [0.1, 0.15) is 23.4 Å². The van der Waals surface area contributed by atoms with E-state index in [0.717, 1.165) is 46.7 Å². The van der Waals surface area contributed by atoms with Crippen molar-refractivity contribution in [3.8, 4) is 16.9 Å². The largest absolute Gasteiger partial charge is 0.497 e. The molecule has 6 nitrogen and oxygen atoms in total. The Labute approximate surface area is 179 Å². The number of rotatable bonds is 5. The minimum absolute atomic E-state index is 0.154. The summed E-state index contributed by atoms with van der Waals surface area (Å²) in [6.07, 6.45) is 1.82. The number of ether oxygens (including phenoxy) is 2. The predicted octanol–water partition coefficient (Wildman–Crippen LogP) is 4.12. The molecule has 0 aliphatic carbocycles. The molecule has 158 valence electrons. The average molecular weight is 418 g/mol. The average Bonchev–Trinajstić information content (AvgIpc) is 3.24. The molecule has 0 saturated carbocycles. The summed E-state index contributed by atoms with van der Waals surface area (Å²) in [6, 6.07) is 18.7. The van der Waals surface area contributed by atoms with Crippen molar-refractivity contribution in [3.05, 3.63) is 83.9 Å². The van der Waals surface area contributed by atoms with E-state index in [4.69, 9.17) is 9.47 Å². The third kappa shape index (κ3) is 4.15. The molecule has 1 saturated heterocycles. The summed E-state index contributed by atoms with van der Waals surface area (Å²) in [5, 5.41) is 8.76. The standard InChI is InChI=1S/C24H23FN4O2/c1-30-21-9-4-18(5-10-21)19-6-11-22-24(26-27-29(22)15-19)23-16-28(12-13-31-23)14-17-2-7-20(25)8-3-17/h2-11,15,23H,12-14,16H2,1H3/t23-/m1/s1. The Morgan fingerprint density at radius 3 is 2.58 bits per heavy atom. The third-order valence-corrected chi connectivity index (χ3v) is 5.64. The van der Waals surface area contributed by atoms with Crippen LogP contribution in [0.15, 0.2) is 66.9 Å². The zero-order valence-electron chi connectivity index (χ0n) is 17.2. The van der Waals surface area contributed by atoms with Gasteiger partial charge in [-0.1, -0.05) is 35.5 Å². The number of hydrogen-bond donors (Lipinski definition) is 0. The van der Waals surface area contributed by atoms with Crippen LogP contribution in [-0.2, 0) is 11.3 Å². The Balaban J connectivity index is 1.35. The number of aromatic nitrogens is 3. The van der Waals surface area contributed by atoms with Crippen molar-refractivity contribution in [2.24, 2.45) is 0 Å². The van der Waals surface area contributed by atoms with Crippen LogP contribution in [0.25, 0.3) is 16.6 Å². The van der Waals surface area contributed by atoms with Crippen molar-refractivity contribution in [3.63, 3.8) is 0 Å². The van der Waals surface area contributed by atoms with Crippen molar-refractivity contribution in [1.29, 1.82) is 0 Å². The SMILES string of the molecule is COc1ccc(-c2ccc3c([C@H]4CN(Cc5ccc(F)cc5)CCO4)nnn3c2)cc1. The second-order valence-electron chi connectivity index (χ2n) is 7.67. The zero-order valence-corrected chi connectivity index (χ0v) is 17.2. The number of nitrogens with zero attached hydrogens (tertiary/aromatic N) is 4. The number of hydrogen-bond acceptors (Lipinski definition) is 5. The number of fused-ring (bicyclic) bond motifs is 1. The van der Waals surface area contributed by atoms with Crippen molar-refractivity contribution >= 4 is 5.52 Å². The lowest BCUT2D eigenvalue weighted by atomic mass is 10.1. The van der Waals surface area contributed by atoms with Crippen molar-refractivity contribution in [2.45, 2.75) is 12.6 Å². The summed E-state index contributed by atoms with van der Waals surface area (Å²) < 4.78 is 26.2. The van der Waals surface area contributed by atoms with Crippen LogP contribution in [0.2, 0.25) is 0 Å². The number of morpholine rings is 1. The van der Waals surface area contributed by atoms with Crippen molar-refractivity contribution < 1.29 is 13.9 Å². The van der Waals surface area contributed by atoms with Crippen LogP contribution in [-0.4, -0.2) is 46.5 Å². The molecule has 7 heteroatoms. The molecule has 5 rings (SSSR count). The Hall–Kier alpha value is -3.29. The van der Waals surface area contributed by atoms with Gasteiger partial charge in [0.05, 0.1) is 19.2 Å². The normalized spacial score (nSPS) is 17.2. The van der Waals surface area contributed by atoms with Crippen LogP contribution in [0.1, 0.15) is 17.4 Å². The molecule has 1 aliphatic rings. The molecule has 1 atom stereocenters. The second kappa shape index (κ2) is 8.45. The van der Waals surface area contributed by atoms with Gasteiger partial charge in [0.2, 0.25) is 0 Å². The minimum Gasteiger partial charge on any atom is -0.497 e. The van der Waals surface area contributed by atoms with E-state index in [1.54, 1.807) is 11.6 Å². The van der Waals surface area contributed by atoms with Gasteiger partial charge in [-0.15, -0.1) is 5.10 Å². The molecule has 0 bridgehead atoms. The molecular formula is C24H23FN4O2. The number of pyridine rings is 1. The van der Waals surface area contributed by atoms with E-state index in [1.165, 1.54) is 12.1 Å². The van der Waals surface area contributed by atoms with Crippen molar-refractivity contribution in [2.75, 3.05) is 26.8 Å². The summed E-state index contributed by atoms with van der Waals surface area (Å²) in [7, 11) is 1.66. The Kier molecular flexibility index (Phi) is 5.36. The Morgan fingerprint density at radius 1 is 1.03 bits per heavy atom. The molecule has 31 heavy (non-hydrogen) atoms. The maximum atomic E-state index is 13.2. The molecule has 3 heterocycles. The molecule has 1 fully saturated rings. The van der Waals surface area contributed by atoms with E-state index in [9.17, 15) is 4.39 Å². The molecule has 0 amide bonds. The van der Waals surface area contributed by atoms with Gasteiger partial charge in [0.25, 0.3) is 0 Å². The van der Waals surface area contributed by atoms with Crippen LogP contribution >= 0.6 is 0 Å². The first-order valence-electron chi connectivity index (χ1n) is 10.3. The van der Waals surface area contributed by atoms with Crippen LogP contribution in [0.3, 0.4) is 0 Å². The molecule has 0 N–H and O–H groups in total. The monoisotopic (exact) mass is 418 g/mol. The fourth-order valence-corrected chi connectivity index (χ4v) is 3.96. The Morgan fingerprint density at radius 2 is 1.81 bits per heavy atom. The first-order chi connectivity index (χ1) is 15.2. The molecule has 4 aromatic rings. The van der Waals surface area contributed by atoms with Gasteiger partial charge in [-0.3, -0.25) is 4.90 Å². The first kappa shape index (κ1) is 19.7. The highest BCUT2D eigenvalue weighted by molar-refractivity contribution is 5.66. The molecule has 2 aromatic heterocycles. The van der Waals surface area contributed by atoms with E-state index in [0.29, 0.717) is 13.2 Å². The third-order valence-electron chi connectivity index (χ3n) is 5.64. The van der Waals surface area contributed by atoms with Gasteiger partial charge in [0, 0.05) is 31.4 Å².